The summed E-state index contributed by atoms with van der Waals surface area (Å²) in [5.41, 5.74) is 7.88. The summed E-state index contributed by atoms with van der Waals surface area (Å²) >= 11 is 0. The van der Waals surface area contributed by atoms with Crippen LogP contribution in [0.5, 0.6) is 0 Å². The zero-order valence-corrected chi connectivity index (χ0v) is 13.1. The predicted octanol–water partition coefficient (Wildman–Crippen LogP) is 5.19. The van der Waals surface area contributed by atoms with Crippen molar-refractivity contribution < 1.29 is 0 Å². The Hall–Kier alpha value is -1.60. The van der Waals surface area contributed by atoms with E-state index in [0.717, 1.165) is 0 Å². The molecule has 106 valence electrons. The topological polar surface area (TPSA) is 26.0 Å². The normalized spacial score (nSPS) is 7.68. The minimum atomic E-state index is 0.639. The van der Waals surface area contributed by atoms with E-state index in [9.17, 15) is 0 Å². The van der Waals surface area contributed by atoms with Crippen LogP contribution in [0.3, 0.4) is 0 Å². The highest BCUT2D eigenvalue weighted by molar-refractivity contribution is 5.20. The fourth-order valence-corrected chi connectivity index (χ4v) is 1.11. The van der Waals surface area contributed by atoms with E-state index in [1.54, 1.807) is 0 Å². The Balaban J connectivity index is 0. The molecule has 1 heteroatoms. The van der Waals surface area contributed by atoms with Gasteiger partial charge in [-0.1, -0.05) is 93.9 Å². The molecule has 0 heterocycles. The predicted molar refractivity (Wildman–Crippen MR) is 88.2 cm³/mol. The molecular weight excluding hydrogens is 230 g/mol. The van der Waals surface area contributed by atoms with Gasteiger partial charge in [0.15, 0.2) is 0 Å². The van der Waals surface area contributed by atoms with Crippen LogP contribution in [0, 0.1) is 6.92 Å². The van der Waals surface area contributed by atoms with E-state index in [1.165, 1.54) is 11.1 Å². The molecule has 2 N–H and O–H groups in total. The van der Waals surface area contributed by atoms with Crippen LogP contribution >= 0.6 is 0 Å². The summed E-state index contributed by atoms with van der Waals surface area (Å²) in [7, 11) is 0. The average molecular weight is 259 g/mol. The maximum absolute atomic E-state index is 5.40. The Morgan fingerprint density at radius 2 is 1.00 bits per heavy atom. The van der Waals surface area contributed by atoms with Crippen molar-refractivity contribution in [2.24, 2.45) is 5.73 Å². The zero-order chi connectivity index (χ0) is 14.9. The quantitative estimate of drug-likeness (QED) is 0.749. The lowest BCUT2D eigenvalue weighted by molar-refractivity contribution is 1.07. The molecular formula is C18H29N. The highest BCUT2D eigenvalue weighted by atomic mass is 14.5. The van der Waals surface area contributed by atoms with Crippen molar-refractivity contribution in [1.82, 2.24) is 0 Å². The molecule has 0 radical (unpaired) electrons. The number of aryl methyl sites for hydroxylation is 1. The third kappa shape index (κ3) is 12.6. The van der Waals surface area contributed by atoms with Crippen molar-refractivity contribution in [3.05, 3.63) is 71.8 Å². The molecule has 0 atom stereocenters. The molecule has 19 heavy (non-hydrogen) atoms. The van der Waals surface area contributed by atoms with E-state index in [2.05, 4.69) is 31.2 Å². The second-order valence-corrected chi connectivity index (χ2v) is 3.34. The van der Waals surface area contributed by atoms with Gasteiger partial charge in [0.2, 0.25) is 0 Å². The van der Waals surface area contributed by atoms with E-state index in [0.29, 0.717) is 6.54 Å². The molecule has 0 bridgehead atoms. The van der Waals surface area contributed by atoms with Gasteiger partial charge in [-0.15, -0.1) is 0 Å². The van der Waals surface area contributed by atoms with Gasteiger partial charge in [0.25, 0.3) is 0 Å². The van der Waals surface area contributed by atoms with Gasteiger partial charge in [-0.25, -0.2) is 0 Å². The molecule has 0 amide bonds. The van der Waals surface area contributed by atoms with Crippen molar-refractivity contribution in [2.75, 3.05) is 0 Å². The maximum Gasteiger partial charge on any atom is 0.0178 e. The van der Waals surface area contributed by atoms with Crippen molar-refractivity contribution >= 4 is 0 Å². The molecule has 0 fully saturated rings. The molecule has 0 saturated heterocycles. The molecule has 0 saturated carbocycles. The maximum atomic E-state index is 5.40. The first kappa shape index (κ1) is 19.7. The van der Waals surface area contributed by atoms with Crippen LogP contribution in [-0.4, -0.2) is 0 Å². The summed E-state index contributed by atoms with van der Waals surface area (Å²) in [6, 6.07) is 20.2. The lowest BCUT2D eigenvalue weighted by Gasteiger charge is -1.94. The Morgan fingerprint density at radius 1 is 0.684 bits per heavy atom. The Kier molecular flexibility index (Phi) is 17.0. The molecule has 2 rings (SSSR count). The van der Waals surface area contributed by atoms with Crippen LogP contribution < -0.4 is 5.73 Å². The molecule has 0 aliphatic rings. The van der Waals surface area contributed by atoms with Crippen LogP contribution in [0.2, 0.25) is 0 Å². The zero-order valence-electron chi connectivity index (χ0n) is 13.1. The SMILES string of the molecule is CC.CC.Cc1ccc(CN)cc1.c1ccccc1. The van der Waals surface area contributed by atoms with Crippen molar-refractivity contribution in [3.63, 3.8) is 0 Å². The first-order valence-electron chi connectivity index (χ1n) is 7.08. The van der Waals surface area contributed by atoms with E-state index in [-0.39, 0.29) is 0 Å². The number of hydrogen-bond acceptors (Lipinski definition) is 1. The highest BCUT2D eigenvalue weighted by Gasteiger charge is 1.85. The summed E-state index contributed by atoms with van der Waals surface area (Å²) in [6.07, 6.45) is 0. The lowest BCUT2D eigenvalue weighted by Crippen LogP contribution is -1.94. The minimum Gasteiger partial charge on any atom is -0.326 e. The smallest absolute Gasteiger partial charge is 0.0178 e. The van der Waals surface area contributed by atoms with Crippen LogP contribution in [0.4, 0.5) is 0 Å². The van der Waals surface area contributed by atoms with Crippen LogP contribution in [0.15, 0.2) is 60.7 Å². The lowest BCUT2D eigenvalue weighted by atomic mass is 10.2. The second kappa shape index (κ2) is 16.4. The minimum absolute atomic E-state index is 0.639. The molecule has 0 aliphatic carbocycles. The third-order valence-electron chi connectivity index (χ3n) is 2.02. The first-order valence-corrected chi connectivity index (χ1v) is 7.08. The number of nitrogens with two attached hydrogens (primary N) is 1. The number of hydrogen-bond donors (Lipinski definition) is 1. The standard InChI is InChI=1S/C8H11N.C6H6.2C2H6/c1-7-2-4-8(6-9)5-3-7;1-2-4-6-5-3-1;2*1-2/h2-5H,6,9H2,1H3;1-6H;2*1-2H3. The van der Waals surface area contributed by atoms with Gasteiger partial charge < -0.3 is 5.73 Å². The summed E-state index contributed by atoms with van der Waals surface area (Å²) in [4.78, 5) is 0. The van der Waals surface area contributed by atoms with E-state index >= 15 is 0 Å². The van der Waals surface area contributed by atoms with Crippen molar-refractivity contribution in [1.29, 1.82) is 0 Å². The largest absolute Gasteiger partial charge is 0.326 e. The summed E-state index contributed by atoms with van der Waals surface area (Å²) in [5, 5.41) is 0. The van der Waals surface area contributed by atoms with Gasteiger partial charge in [0.1, 0.15) is 0 Å². The van der Waals surface area contributed by atoms with Gasteiger partial charge in [-0.2, -0.15) is 0 Å². The number of rotatable bonds is 1. The molecule has 1 nitrogen and oxygen atoms in total. The Morgan fingerprint density at radius 3 is 1.26 bits per heavy atom. The second-order valence-electron chi connectivity index (χ2n) is 3.34. The summed E-state index contributed by atoms with van der Waals surface area (Å²) < 4.78 is 0. The van der Waals surface area contributed by atoms with Crippen molar-refractivity contribution in [2.45, 2.75) is 41.2 Å². The van der Waals surface area contributed by atoms with Crippen molar-refractivity contribution in [3.8, 4) is 0 Å². The molecule has 0 aliphatic heterocycles. The highest BCUT2D eigenvalue weighted by Crippen LogP contribution is 2.00. The molecule has 0 aromatic heterocycles. The monoisotopic (exact) mass is 259 g/mol. The Bertz CT molecular complexity index is 325. The average Bonchev–Trinajstić information content (AvgIpc) is 2.54. The van der Waals surface area contributed by atoms with E-state index < -0.39 is 0 Å². The van der Waals surface area contributed by atoms with Crippen LogP contribution in [0.1, 0.15) is 38.8 Å². The van der Waals surface area contributed by atoms with Gasteiger partial charge in [-0.3, -0.25) is 0 Å². The third-order valence-corrected chi connectivity index (χ3v) is 2.02. The summed E-state index contributed by atoms with van der Waals surface area (Å²) in [6.45, 7) is 10.7. The van der Waals surface area contributed by atoms with E-state index in [1.807, 2.05) is 64.1 Å². The first-order chi connectivity index (χ1) is 9.33. The fourth-order valence-electron chi connectivity index (χ4n) is 1.11. The molecule has 2 aromatic carbocycles. The number of benzene rings is 2. The molecule has 2 aromatic rings. The van der Waals surface area contributed by atoms with Crippen LogP contribution in [-0.2, 0) is 6.54 Å². The summed E-state index contributed by atoms with van der Waals surface area (Å²) in [5.74, 6) is 0. The Labute approximate surface area is 119 Å². The molecule has 0 unspecified atom stereocenters. The van der Waals surface area contributed by atoms with Gasteiger partial charge in [0, 0.05) is 6.54 Å². The van der Waals surface area contributed by atoms with E-state index in [4.69, 9.17) is 5.73 Å². The molecule has 0 spiro atoms. The van der Waals surface area contributed by atoms with Crippen LogP contribution in [0.25, 0.3) is 0 Å². The fraction of sp³-hybridized carbons (Fsp3) is 0.333. The van der Waals surface area contributed by atoms with Gasteiger partial charge in [-0.05, 0) is 12.5 Å². The van der Waals surface area contributed by atoms with Gasteiger partial charge >= 0.3 is 0 Å². The van der Waals surface area contributed by atoms with Gasteiger partial charge in [0.05, 0.1) is 0 Å².